The lowest BCUT2D eigenvalue weighted by atomic mass is 9.94. The van der Waals surface area contributed by atoms with Crippen LogP contribution in [0.25, 0.3) is 46.4 Å². The summed E-state index contributed by atoms with van der Waals surface area (Å²) >= 11 is 0. The van der Waals surface area contributed by atoms with E-state index < -0.39 is 0 Å². The molecule has 60 heavy (non-hydrogen) atoms. The highest BCUT2D eigenvalue weighted by Gasteiger charge is 2.20. The van der Waals surface area contributed by atoms with Gasteiger partial charge in [0.15, 0.2) is 0 Å². The molecule has 5 rings (SSSR count). The third-order valence-electron chi connectivity index (χ3n) is 12.2. The second-order valence-electron chi connectivity index (χ2n) is 19.6. The quantitative estimate of drug-likeness (QED) is 0.0770. The number of hydrogen-bond donors (Lipinski definition) is 2. The molecule has 4 heteroatoms. The van der Waals surface area contributed by atoms with Crippen molar-refractivity contribution in [1.29, 1.82) is 0 Å². The summed E-state index contributed by atoms with van der Waals surface area (Å²) in [7, 11) is 0. The first-order valence-corrected chi connectivity index (χ1v) is 23.3. The zero-order valence-corrected chi connectivity index (χ0v) is 39.6. The van der Waals surface area contributed by atoms with E-state index in [2.05, 4.69) is 166 Å². The second kappa shape index (κ2) is 22.4. The van der Waals surface area contributed by atoms with Gasteiger partial charge in [-0.05, 0) is 210 Å². The summed E-state index contributed by atoms with van der Waals surface area (Å²) in [6.07, 6.45) is 31.5. The molecule has 2 aliphatic rings. The van der Waals surface area contributed by atoms with Gasteiger partial charge in [-0.1, -0.05) is 74.3 Å². The van der Waals surface area contributed by atoms with Crippen LogP contribution in [0.1, 0.15) is 179 Å². The van der Waals surface area contributed by atoms with E-state index in [1.54, 1.807) is 0 Å². The molecular formula is C56H78N4. The Balaban J connectivity index is 1.78. The highest BCUT2D eigenvalue weighted by Crippen LogP contribution is 2.32. The number of nitrogens with one attached hydrogen (secondary N) is 2. The average Bonchev–Trinajstić information content (AvgIpc) is 4.01. The molecule has 0 amide bonds. The lowest BCUT2D eigenvalue weighted by Gasteiger charge is -2.13. The van der Waals surface area contributed by atoms with Gasteiger partial charge in [0.2, 0.25) is 0 Å². The maximum absolute atomic E-state index is 5.55. The molecule has 8 bridgehead atoms. The smallest absolute Gasteiger partial charge is 0.0691 e. The summed E-state index contributed by atoms with van der Waals surface area (Å²) < 4.78 is 0. The molecule has 4 nitrogen and oxygen atoms in total. The van der Waals surface area contributed by atoms with Gasteiger partial charge in [-0.2, -0.15) is 0 Å². The van der Waals surface area contributed by atoms with Crippen molar-refractivity contribution >= 4 is 46.4 Å². The summed E-state index contributed by atoms with van der Waals surface area (Å²) in [6, 6.07) is 9.31. The van der Waals surface area contributed by atoms with Gasteiger partial charge in [-0.3, -0.25) is 0 Å². The molecule has 3 aromatic heterocycles. The van der Waals surface area contributed by atoms with Crippen molar-refractivity contribution in [3.63, 3.8) is 0 Å². The Morgan fingerprint density at radius 3 is 0.950 bits per heavy atom. The number of rotatable bonds is 20. The fourth-order valence-corrected chi connectivity index (χ4v) is 8.73. The van der Waals surface area contributed by atoms with Gasteiger partial charge in [0.25, 0.3) is 0 Å². The van der Waals surface area contributed by atoms with Crippen molar-refractivity contribution in [3.8, 4) is 0 Å². The van der Waals surface area contributed by atoms with Gasteiger partial charge < -0.3 is 9.97 Å². The van der Waals surface area contributed by atoms with Crippen molar-refractivity contribution in [1.82, 2.24) is 19.9 Å². The minimum atomic E-state index is 0.494. The molecule has 2 N–H and O–H groups in total. The van der Waals surface area contributed by atoms with Crippen LogP contribution >= 0.6 is 0 Å². The highest BCUT2D eigenvalue weighted by molar-refractivity contribution is 5.83. The molecule has 322 valence electrons. The fraction of sp³-hybridized carbons (Fsp3) is 0.500. The Morgan fingerprint density at radius 2 is 0.650 bits per heavy atom. The Bertz CT molecular complexity index is 2130. The minimum Gasteiger partial charge on any atom is -0.355 e. The van der Waals surface area contributed by atoms with Gasteiger partial charge in [0.05, 0.1) is 22.8 Å². The Kier molecular flexibility index (Phi) is 17.4. The van der Waals surface area contributed by atoms with Crippen molar-refractivity contribution in [2.45, 2.75) is 160 Å². The van der Waals surface area contributed by atoms with E-state index in [1.807, 2.05) is 0 Å². The molecule has 0 spiro atoms. The average molecular weight is 807 g/mol. The highest BCUT2D eigenvalue weighted by atomic mass is 14.8. The van der Waals surface area contributed by atoms with E-state index in [4.69, 9.17) is 9.97 Å². The van der Waals surface area contributed by atoms with Crippen LogP contribution in [-0.2, 0) is 25.7 Å². The molecule has 0 saturated heterocycles. The van der Waals surface area contributed by atoms with E-state index in [9.17, 15) is 0 Å². The molecule has 0 unspecified atom stereocenters. The summed E-state index contributed by atoms with van der Waals surface area (Å²) in [5.41, 5.74) is 19.8. The van der Waals surface area contributed by atoms with Crippen LogP contribution in [0.15, 0.2) is 70.9 Å². The lowest BCUT2D eigenvalue weighted by molar-refractivity contribution is 0.532. The summed E-state index contributed by atoms with van der Waals surface area (Å²) in [6.45, 7) is 27.2. The first-order valence-electron chi connectivity index (χ1n) is 23.3. The van der Waals surface area contributed by atoms with E-state index in [1.165, 1.54) is 66.6 Å². The van der Waals surface area contributed by atoms with E-state index in [0.717, 1.165) is 99.8 Å². The zero-order valence-electron chi connectivity index (χ0n) is 39.6. The number of nitrogens with zero attached hydrogens (tertiary/aromatic N) is 2. The Morgan fingerprint density at radius 1 is 0.400 bits per heavy atom. The first-order chi connectivity index (χ1) is 28.7. The summed E-state index contributed by atoms with van der Waals surface area (Å²) in [5.74, 6) is 2.03. The first kappa shape index (κ1) is 46.6. The Labute approximate surface area is 364 Å². The van der Waals surface area contributed by atoms with E-state index in [0.29, 0.717) is 23.7 Å². The van der Waals surface area contributed by atoms with Crippen molar-refractivity contribution in [3.05, 3.63) is 116 Å². The monoisotopic (exact) mass is 807 g/mol. The Hall–Kier alpha value is -4.44. The number of aromatic nitrogens is 4. The van der Waals surface area contributed by atoms with Crippen molar-refractivity contribution in [2.75, 3.05) is 0 Å². The minimum absolute atomic E-state index is 0.494. The number of H-pyrrole nitrogens is 2. The van der Waals surface area contributed by atoms with Crippen molar-refractivity contribution in [2.24, 2.45) is 23.7 Å². The molecule has 0 aromatic carbocycles. The fourth-order valence-electron chi connectivity index (χ4n) is 8.73. The summed E-state index contributed by atoms with van der Waals surface area (Å²) in [4.78, 5) is 19.1. The van der Waals surface area contributed by atoms with Crippen LogP contribution in [0.5, 0.6) is 0 Å². The zero-order chi connectivity index (χ0) is 43.3. The number of hydrogen-bond acceptors (Lipinski definition) is 2. The molecule has 5 heterocycles. The van der Waals surface area contributed by atoms with Gasteiger partial charge in [0, 0.05) is 38.8 Å². The molecular weight excluding hydrogens is 729 g/mol. The third-order valence-corrected chi connectivity index (χ3v) is 12.2. The van der Waals surface area contributed by atoms with Crippen LogP contribution in [0.3, 0.4) is 0 Å². The van der Waals surface area contributed by atoms with Crippen LogP contribution in [0.2, 0.25) is 0 Å². The standard InChI is InChI=1S/C56H78N4/c1-37(2)17-13-21-41(9)33-45-49-25-27-51(57-49)46(34-42(10)22-14-18-38(3)4)53-29-31-55(59-53)48(36-44(12)24-16-20-40(7)8)56-32-30-54(60-56)47(52-28-26-50(45)58-52)35-43(11)23-15-19-39(5)6/h17-20,25-32,41-44,57-58H,13-16,21-24,33-36H2,1-12H3/t41-,42-,43-,44-/m1/s1. The third kappa shape index (κ3) is 13.8. The largest absolute Gasteiger partial charge is 0.355 e. The number of aromatic amines is 2. The van der Waals surface area contributed by atoms with Crippen LogP contribution in [-0.4, -0.2) is 19.9 Å². The molecule has 0 aliphatic carbocycles. The van der Waals surface area contributed by atoms with Crippen LogP contribution in [0.4, 0.5) is 0 Å². The van der Waals surface area contributed by atoms with E-state index in [-0.39, 0.29) is 0 Å². The number of fused-ring (bicyclic) bond motifs is 8. The predicted molar refractivity (Wildman–Crippen MR) is 265 cm³/mol. The van der Waals surface area contributed by atoms with Gasteiger partial charge >= 0.3 is 0 Å². The normalized spacial score (nSPS) is 14.1. The maximum atomic E-state index is 5.55. The SMILES string of the molecule is CC(C)=CCC[C@@H](C)Cc1c2nc(c(C[C@H](C)CCC=C(C)C)c3ccc([nH]3)c(C[C@H](C)CCC=C(C)C)c3ccc([nH]3)c(C[C@H](C)CCC=C(C)C)c3nc1C=C3)C=C2. The molecule has 3 aromatic rings. The van der Waals surface area contributed by atoms with Crippen LogP contribution < -0.4 is 0 Å². The van der Waals surface area contributed by atoms with Gasteiger partial charge in [-0.25, -0.2) is 9.97 Å². The van der Waals surface area contributed by atoms with Crippen LogP contribution in [0, 0.1) is 23.7 Å². The lowest BCUT2D eigenvalue weighted by Crippen LogP contribution is -2.05. The molecule has 2 aliphatic heterocycles. The predicted octanol–water partition coefficient (Wildman–Crippen LogP) is 16.4. The molecule has 0 fully saturated rings. The second-order valence-corrected chi connectivity index (χ2v) is 19.6. The summed E-state index contributed by atoms with van der Waals surface area (Å²) in [5, 5.41) is 0. The molecule has 4 atom stereocenters. The van der Waals surface area contributed by atoms with Gasteiger partial charge in [0.1, 0.15) is 0 Å². The molecule has 0 radical (unpaired) electrons. The van der Waals surface area contributed by atoms with Crippen molar-refractivity contribution < 1.29 is 0 Å². The van der Waals surface area contributed by atoms with Gasteiger partial charge in [-0.15, -0.1) is 0 Å². The number of allylic oxidation sites excluding steroid dienone is 8. The topological polar surface area (TPSA) is 57.4 Å². The molecule has 0 saturated carbocycles. The maximum Gasteiger partial charge on any atom is 0.0691 e. The van der Waals surface area contributed by atoms with E-state index >= 15 is 0 Å².